The van der Waals surface area contributed by atoms with Crippen molar-refractivity contribution < 1.29 is 28.7 Å². The van der Waals surface area contributed by atoms with Gasteiger partial charge in [-0.25, -0.2) is 4.79 Å². The fourth-order valence-corrected chi connectivity index (χ4v) is 3.60. The molecule has 190 valence electrons. The van der Waals surface area contributed by atoms with E-state index in [1.165, 1.54) is 30.8 Å². The van der Waals surface area contributed by atoms with Gasteiger partial charge in [0.1, 0.15) is 24.2 Å². The molecule has 1 aromatic rings. The zero-order chi connectivity index (χ0) is 26.1. The second kappa shape index (κ2) is 13.2. The molecule has 0 aliphatic rings. The average Bonchev–Trinajstić information content (AvgIpc) is 2.75. The maximum absolute atomic E-state index is 13.5. The lowest BCUT2D eigenvalue weighted by atomic mass is 9.98. The van der Waals surface area contributed by atoms with Crippen LogP contribution in [0, 0.1) is 13.8 Å². The summed E-state index contributed by atoms with van der Waals surface area (Å²) in [5.74, 6) is -0.976. The maximum atomic E-state index is 13.5. The Morgan fingerprint density at radius 3 is 2.29 bits per heavy atom. The van der Waals surface area contributed by atoms with Crippen molar-refractivity contribution in [3.63, 3.8) is 0 Å². The number of methoxy groups -OCH3 is 1. The minimum atomic E-state index is -1.02. The Hall–Kier alpha value is -2.75. The monoisotopic (exact) mass is 495 g/mol. The number of alkyl carbamates (subject to hydrolysis) is 1. The maximum Gasteiger partial charge on any atom is 0.408 e. The van der Waals surface area contributed by atoms with Gasteiger partial charge in [0, 0.05) is 7.05 Å². The van der Waals surface area contributed by atoms with Gasteiger partial charge in [0.15, 0.2) is 0 Å². The number of likely N-dealkylation sites (N-methyl/N-ethyl adjacent to an activating group) is 1. The summed E-state index contributed by atoms with van der Waals surface area (Å²) < 4.78 is 9.92. The molecule has 0 aromatic heterocycles. The minimum absolute atomic E-state index is 0.329. The van der Waals surface area contributed by atoms with Gasteiger partial charge in [-0.1, -0.05) is 18.2 Å². The summed E-state index contributed by atoms with van der Waals surface area (Å²) in [5, 5.41) is 5.17. The number of carbonyl (C=O) groups excluding carboxylic acids is 4. The van der Waals surface area contributed by atoms with Crippen molar-refractivity contribution in [3.05, 3.63) is 34.9 Å². The number of ether oxygens (including phenoxy) is 2. The average molecular weight is 496 g/mol. The Labute approximate surface area is 206 Å². The van der Waals surface area contributed by atoms with Crippen LogP contribution >= 0.6 is 11.8 Å². The largest absolute Gasteiger partial charge is 0.468 e. The van der Waals surface area contributed by atoms with E-state index in [4.69, 9.17) is 4.74 Å². The highest BCUT2D eigenvalue weighted by atomic mass is 32.2. The van der Waals surface area contributed by atoms with Gasteiger partial charge in [0.25, 0.3) is 0 Å². The van der Waals surface area contributed by atoms with Crippen LogP contribution in [0.2, 0.25) is 0 Å². The Morgan fingerprint density at radius 1 is 1.12 bits per heavy atom. The molecule has 1 rings (SSSR count). The third kappa shape index (κ3) is 9.24. The number of amides is 3. The van der Waals surface area contributed by atoms with E-state index >= 15 is 0 Å². The first-order chi connectivity index (χ1) is 15.8. The number of nitrogens with one attached hydrogen (secondary N) is 2. The van der Waals surface area contributed by atoms with Crippen LogP contribution in [-0.4, -0.2) is 73.1 Å². The predicted molar refractivity (Wildman–Crippen MR) is 133 cm³/mol. The topological polar surface area (TPSA) is 114 Å². The third-order valence-corrected chi connectivity index (χ3v) is 5.71. The molecule has 0 aliphatic heterocycles. The van der Waals surface area contributed by atoms with Crippen LogP contribution < -0.4 is 10.6 Å². The van der Waals surface area contributed by atoms with E-state index in [2.05, 4.69) is 15.4 Å². The molecule has 0 bridgehead atoms. The number of hydrogen-bond donors (Lipinski definition) is 2. The summed E-state index contributed by atoms with van der Waals surface area (Å²) in [5.41, 5.74) is 1.85. The van der Waals surface area contributed by atoms with E-state index in [9.17, 15) is 19.2 Å². The lowest BCUT2D eigenvalue weighted by Crippen LogP contribution is -2.52. The number of carbonyl (C=O) groups is 4. The van der Waals surface area contributed by atoms with E-state index in [1.54, 1.807) is 26.8 Å². The summed E-state index contributed by atoms with van der Waals surface area (Å²) in [6.45, 7) is 8.74. The molecule has 1 aromatic carbocycles. The van der Waals surface area contributed by atoms with Crippen LogP contribution in [0.5, 0.6) is 0 Å². The standard InChI is InChI=1S/C24H37N3O6S/c1-15-9-10-17(13-16(15)2)20(21(29)25-14-19(28)32-7)27(6)22(30)18(11-12-34-8)26-23(31)33-24(3,4)5/h9-10,13,18,20H,11-12,14H2,1-8H3,(H,25,29)(H,26,31). The molecular weight excluding hydrogens is 458 g/mol. The van der Waals surface area contributed by atoms with Crippen molar-refractivity contribution in [1.29, 1.82) is 0 Å². The number of benzene rings is 1. The smallest absolute Gasteiger partial charge is 0.408 e. The predicted octanol–water partition coefficient (Wildman–Crippen LogP) is 2.74. The molecule has 0 radical (unpaired) electrons. The first-order valence-electron chi connectivity index (χ1n) is 11.0. The highest BCUT2D eigenvalue weighted by molar-refractivity contribution is 7.98. The molecule has 3 amide bonds. The van der Waals surface area contributed by atoms with Gasteiger partial charge in [0.2, 0.25) is 11.8 Å². The first-order valence-corrected chi connectivity index (χ1v) is 12.4. The van der Waals surface area contributed by atoms with Crippen molar-refractivity contribution in [3.8, 4) is 0 Å². The fourth-order valence-electron chi connectivity index (χ4n) is 3.13. The zero-order valence-corrected chi connectivity index (χ0v) is 22.1. The molecule has 0 fully saturated rings. The van der Waals surface area contributed by atoms with Crippen LogP contribution in [-0.2, 0) is 23.9 Å². The molecule has 0 heterocycles. The highest BCUT2D eigenvalue weighted by Crippen LogP contribution is 2.24. The van der Waals surface area contributed by atoms with E-state index in [0.29, 0.717) is 17.7 Å². The van der Waals surface area contributed by atoms with Crippen LogP contribution in [0.3, 0.4) is 0 Å². The molecular formula is C24H37N3O6S. The van der Waals surface area contributed by atoms with Crippen molar-refractivity contribution in [2.45, 2.75) is 58.7 Å². The molecule has 0 saturated carbocycles. The number of aryl methyl sites for hydroxylation is 2. The zero-order valence-electron chi connectivity index (χ0n) is 21.3. The van der Waals surface area contributed by atoms with E-state index in [-0.39, 0.29) is 6.54 Å². The molecule has 0 aliphatic carbocycles. The Morgan fingerprint density at radius 2 is 1.76 bits per heavy atom. The van der Waals surface area contributed by atoms with E-state index in [1.807, 2.05) is 32.2 Å². The fraction of sp³-hybridized carbons (Fsp3) is 0.583. The number of nitrogens with zero attached hydrogens (tertiary/aromatic N) is 1. The lowest BCUT2D eigenvalue weighted by molar-refractivity contribution is -0.143. The molecule has 2 N–H and O–H groups in total. The van der Waals surface area contributed by atoms with Crippen molar-refractivity contribution in [2.24, 2.45) is 0 Å². The second-order valence-corrected chi connectivity index (χ2v) is 9.96. The Bertz CT molecular complexity index is 884. The lowest BCUT2D eigenvalue weighted by Gasteiger charge is -2.31. The number of rotatable bonds is 10. The van der Waals surface area contributed by atoms with Gasteiger partial charge in [-0.05, 0) is 69.7 Å². The molecule has 0 saturated heterocycles. The van der Waals surface area contributed by atoms with Gasteiger partial charge in [-0.2, -0.15) is 11.8 Å². The molecule has 34 heavy (non-hydrogen) atoms. The normalized spacial score (nSPS) is 12.8. The summed E-state index contributed by atoms with van der Waals surface area (Å²) in [6.07, 6.45) is 1.54. The van der Waals surface area contributed by atoms with Crippen LogP contribution in [0.1, 0.15) is 49.9 Å². The van der Waals surface area contributed by atoms with Crippen LogP contribution in [0.4, 0.5) is 4.79 Å². The third-order valence-electron chi connectivity index (χ3n) is 5.06. The minimum Gasteiger partial charge on any atom is -0.468 e. The number of thioether (sulfide) groups is 1. The summed E-state index contributed by atoms with van der Waals surface area (Å²) in [7, 11) is 2.73. The first kappa shape index (κ1) is 29.3. The SMILES string of the molecule is COC(=O)CNC(=O)C(c1ccc(C)c(C)c1)N(C)C(=O)C(CCSC)NC(=O)OC(C)(C)C. The van der Waals surface area contributed by atoms with E-state index in [0.717, 1.165) is 11.1 Å². The Kier molecular flexibility index (Phi) is 11.4. The Balaban J connectivity index is 3.26. The molecule has 0 spiro atoms. The van der Waals surface area contributed by atoms with Gasteiger partial charge < -0.3 is 25.0 Å². The molecule has 9 nitrogen and oxygen atoms in total. The van der Waals surface area contributed by atoms with Gasteiger partial charge in [0.05, 0.1) is 7.11 Å². The molecule has 10 heteroatoms. The summed E-state index contributed by atoms with van der Waals surface area (Å²) >= 11 is 1.53. The van der Waals surface area contributed by atoms with Gasteiger partial charge >= 0.3 is 12.1 Å². The van der Waals surface area contributed by atoms with Crippen molar-refractivity contribution in [2.75, 3.05) is 32.7 Å². The second-order valence-electron chi connectivity index (χ2n) is 8.97. The van der Waals surface area contributed by atoms with Gasteiger partial charge in [-0.15, -0.1) is 0 Å². The summed E-state index contributed by atoms with van der Waals surface area (Å²) in [4.78, 5) is 51.8. The van der Waals surface area contributed by atoms with Crippen LogP contribution in [0.25, 0.3) is 0 Å². The van der Waals surface area contributed by atoms with Crippen molar-refractivity contribution >= 4 is 35.6 Å². The van der Waals surface area contributed by atoms with E-state index < -0.39 is 41.6 Å². The van der Waals surface area contributed by atoms with Crippen molar-refractivity contribution in [1.82, 2.24) is 15.5 Å². The summed E-state index contributed by atoms with van der Waals surface area (Å²) in [6, 6.07) is 3.56. The molecule has 2 atom stereocenters. The molecule has 2 unspecified atom stereocenters. The quantitative estimate of drug-likeness (QED) is 0.480. The van der Waals surface area contributed by atoms with Crippen LogP contribution in [0.15, 0.2) is 18.2 Å². The number of esters is 1. The number of hydrogen-bond acceptors (Lipinski definition) is 7. The highest BCUT2D eigenvalue weighted by Gasteiger charge is 2.34. The van der Waals surface area contributed by atoms with Gasteiger partial charge in [-0.3, -0.25) is 14.4 Å².